The SMILES string of the molecule is CC(C)[C@H](NC(=O)CN1C(=O)N[C@@]2(CCCc3ccccc32)C1=O)c1ccc2c(c1)OCCCO2. The predicted molar refractivity (Wildman–Crippen MR) is 129 cm³/mol. The van der Waals surface area contributed by atoms with Crippen molar-refractivity contribution in [2.75, 3.05) is 19.8 Å². The molecule has 2 aromatic carbocycles. The Labute approximate surface area is 205 Å². The van der Waals surface area contributed by atoms with Gasteiger partial charge in [0.05, 0.1) is 19.3 Å². The van der Waals surface area contributed by atoms with E-state index in [9.17, 15) is 14.4 Å². The van der Waals surface area contributed by atoms with Gasteiger partial charge in [-0.2, -0.15) is 0 Å². The molecule has 1 fully saturated rings. The van der Waals surface area contributed by atoms with Crippen LogP contribution in [-0.2, 0) is 21.5 Å². The maximum absolute atomic E-state index is 13.5. The Bertz CT molecular complexity index is 1160. The predicted octanol–water partition coefficient (Wildman–Crippen LogP) is 3.44. The normalized spacial score (nSPS) is 22.0. The Morgan fingerprint density at radius 1 is 1.09 bits per heavy atom. The lowest BCUT2D eigenvalue weighted by Crippen LogP contribution is -2.47. The maximum Gasteiger partial charge on any atom is 0.325 e. The zero-order valence-electron chi connectivity index (χ0n) is 20.1. The number of urea groups is 1. The number of hydrogen-bond donors (Lipinski definition) is 2. The van der Waals surface area contributed by atoms with Crippen LogP contribution < -0.4 is 20.1 Å². The first-order chi connectivity index (χ1) is 16.9. The molecule has 8 nitrogen and oxygen atoms in total. The number of benzene rings is 2. The molecule has 0 aromatic heterocycles. The lowest BCUT2D eigenvalue weighted by Gasteiger charge is -2.33. The molecule has 0 bridgehead atoms. The van der Waals surface area contributed by atoms with Crippen LogP contribution in [-0.4, -0.2) is 42.5 Å². The second-order valence-corrected chi connectivity index (χ2v) is 9.78. The summed E-state index contributed by atoms with van der Waals surface area (Å²) in [7, 11) is 0. The van der Waals surface area contributed by atoms with Crippen molar-refractivity contribution < 1.29 is 23.9 Å². The van der Waals surface area contributed by atoms with Gasteiger partial charge in [0.25, 0.3) is 5.91 Å². The van der Waals surface area contributed by atoms with Crippen molar-refractivity contribution in [2.45, 2.75) is 51.1 Å². The van der Waals surface area contributed by atoms with E-state index in [0.717, 1.165) is 40.9 Å². The number of aryl methyl sites for hydroxylation is 1. The van der Waals surface area contributed by atoms with Crippen LogP contribution in [0.15, 0.2) is 42.5 Å². The Balaban J connectivity index is 1.33. The van der Waals surface area contributed by atoms with Gasteiger partial charge in [0.1, 0.15) is 12.1 Å². The third-order valence-corrected chi connectivity index (χ3v) is 7.07. The molecular formula is C27H31N3O5. The topological polar surface area (TPSA) is 97.0 Å². The molecule has 0 unspecified atom stereocenters. The van der Waals surface area contributed by atoms with Crippen LogP contribution in [0.4, 0.5) is 4.79 Å². The molecule has 1 spiro atoms. The minimum Gasteiger partial charge on any atom is -0.490 e. The van der Waals surface area contributed by atoms with Crippen LogP contribution in [0, 0.1) is 5.92 Å². The van der Waals surface area contributed by atoms with Crippen molar-refractivity contribution in [1.29, 1.82) is 0 Å². The molecule has 2 atom stereocenters. The Morgan fingerprint density at radius 3 is 2.66 bits per heavy atom. The molecule has 2 aliphatic heterocycles. The van der Waals surface area contributed by atoms with Crippen LogP contribution >= 0.6 is 0 Å². The van der Waals surface area contributed by atoms with Crippen molar-refractivity contribution >= 4 is 17.8 Å². The fraction of sp³-hybridized carbons (Fsp3) is 0.444. The first-order valence-corrected chi connectivity index (χ1v) is 12.3. The van der Waals surface area contributed by atoms with Crippen molar-refractivity contribution in [3.63, 3.8) is 0 Å². The van der Waals surface area contributed by atoms with Gasteiger partial charge < -0.3 is 20.1 Å². The molecule has 3 aliphatic rings. The molecule has 2 heterocycles. The summed E-state index contributed by atoms with van der Waals surface area (Å²) in [4.78, 5) is 40.5. The summed E-state index contributed by atoms with van der Waals surface area (Å²) < 4.78 is 11.5. The Morgan fingerprint density at radius 2 is 1.86 bits per heavy atom. The van der Waals surface area contributed by atoms with Gasteiger partial charge in [-0.05, 0) is 54.0 Å². The smallest absolute Gasteiger partial charge is 0.325 e. The Hall–Kier alpha value is -3.55. The highest BCUT2D eigenvalue weighted by molar-refractivity contribution is 6.09. The van der Waals surface area contributed by atoms with Crippen molar-refractivity contribution in [2.24, 2.45) is 5.92 Å². The standard InChI is InChI=1S/C27H31N3O5/c1-17(2)24(19-10-11-21-22(15-19)35-14-6-13-34-21)28-23(31)16-30-25(32)27(29-26(30)33)12-5-8-18-7-3-4-9-20(18)27/h3-4,7,9-11,15,17,24H,5-6,8,12-14,16H2,1-2H3,(H,28,31)(H,29,33)/t24-,27+/m0/s1. The number of rotatable bonds is 5. The van der Waals surface area contributed by atoms with Crippen LogP contribution in [0.1, 0.15) is 55.8 Å². The lowest BCUT2D eigenvalue weighted by atomic mass is 9.76. The molecule has 0 saturated carbocycles. The summed E-state index contributed by atoms with van der Waals surface area (Å²) in [5.74, 6) is 0.676. The van der Waals surface area contributed by atoms with Crippen molar-refractivity contribution in [1.82, 2.24) is 15.5 Å². The van der Waals surface area contributed by atoms with Crippen LogP contribution in [0.5, 0.6) is 11.5 Å². The number of carbonyl (C=O) groups excluding carboxylic acids is 3. The molecular weight excluding hydrogens is 446 g/mol. The van der Waals surface area contributed by atoms with E-state index in [1.807, 2.05) is 56.3 Å². The second-order valence-electron chi connectivity index (χ2n) is 9.78. The third kappa shape index (κ3) is 4.22. The van der Waals surface area contributed by atoms with Gasteiger partial charge in [0.2, 0.25) is 5.91 Å². The highest BCUT2D eigenvalue weighted by Crippen LogP contribution is 2.40. The number of imide groups is 1. The first-order valence-electron chi connectivity index (χ1n) is 12.3. The zero-order valence-corrected chi connectivity index (χ0v) is 20.1. The van der Waals surface area contributed by atoms with Crippen LogP contribution in [0.25, 0.3) is 0 Å². The average molecular weight is 478 g/mol. The summed E-state index contributed by atoms with van der Waals surface area (Å²) in [6, 6.07) is 12.5. The molecule has 8 heteroatoms. The number of fused-ring (bicyclic) bond motifs is 3. The molecule has 4 amide bonds. The number of amides is 4. The fourth-order valence-corrected chi connectivity index (χ4v) is 5.33. The van der Waals surface area contributed by atoms with E-state index in [-0.39, 0.29) is 30.3 Å². The fourth-order valence-electron chi connectivity index (χ4n) is 5.33. The quantitative estimate of drug-likeness (QED) is 0.643. The summed E-state index contributed by atoms with van der Waals surface area (Å²) in [6.45, 7) is 4.87. The molecule has 5 rings (SSSR count). The molecule has 0 radical (unpaired) electrons. The van der Waals surface area contributed by atoms with Crippen LogP contribution in [0.2, 0.25) is 0 Å². The number of carbonyl (C=O) groups is 3. The van der Waals surface area contributed by atoms with Gasteiger partial charge in [-0.15, -0.1) is 0 Å². The minimum atomic E-state index is -1.09. The van der Waals surface area contributed by atoms with Gasteiger partial charge in [-0.25, -0.2) is 4.79 Å². The third-order valence-electron chi connectivity index (χ3n) is 7.07. The molecule has 2 aromatic rings. The van der Waals surface area contributed by atoms with E-state index in [4.69, 9.17) is 9.47 Å². The second kappa shape index (κ2) is 9.24. The van der Waals surface area contributed by atoms with Gasteiger partial charge in [0, 0.05) is 6.42 Å². The lowest BCUT2D eigenvalue weighted by molar-refractivity contribution is -0.136. The van der Waals surface area contributed by atoms with Gasteiger partial charge in [-0.1, -0.05) is 44.2 Å². The van der Waals surface area contributed by atoms with Gasteiger partial charge in [-0.3, -0.25) is 14.5 Å². The maximum atomic E-state index is 13.5. The van der Waals surface area contributed by atoms with Crippen molar-refractivity contribution in [3.05, 3.63) is 59.2 Å². The van der Waals surface area contributed by atoms with Gasteiger partial charge in [0.15, 0.2) is 11.5 Å². The van der Waals surface area contributed by atoms with E-state index < -0.39 is 11.6 Å². The van der Waals surface area contributed by atoms with Crippen LogP contribution in [0.3, 0.4) is 0 Å². The zero-order chi connectivity index (χ0) is 24.6. The van der Waals surface area contributed by atoms with E-state index in [1.54, 1.807) is 0 Å². The Kier molecular flexibility index (Phi) is 6.13. The summed E-state index contributed by atoms with van der Waals surface area (Å²) in [5, 5.41) is 5.93. The van der Waals surface area contributed by atoms with Crippen molar-refractivity contribution in [3.8, 4) is 11.5 Å². The summed E-state index contributed by atoms with van der Waals surface area (Å²) in [5.41, 5.74) is 1.69. The molecule has 2 N–H and O–H groups in total. The molecule has 1 saturated heterocycles. The number of nitrogens with zero attached hydrogens (tertiary/aromatic N) is 1. The largest absolute Gasteiger partial charge is 0.490 e. The van der Waals surface area contributed by atoms with E-state index in [2.05, 4.69) is 10.6 Å². The highest BCUT2D eigenvalue weighted by Gasteiger charge is 2.54. The monoisotopic (exact) mass is 477 g/mol. The van der Waals surface area contributed by atoms with Gasteiger partial charge >= 0.3 is 6.03 Å². The summed E-state index contributed by atoms with van der Waals surface area (Å²) >= 11 is 0. The number of hydrogen-bond acceptors (Lipinski definition) is 5. The average Bonchev–Trinajstić information content (AvgIpc) is 3.00. The van der Waals surface area contributed by atoms with E-state index >= 15 is 0 Å². The highest BCUT2D eigenvalue weighted by atomic mass is 16.5. The number of ether oxygens (including phenoxy) is 2. The van der Waals surface area contributed by atoms with E-state index in [1.165, 1.54) is 0 Å². The molecule has 184 valence electrons. The number of nitrogens with one attached hydrogen (secondary N) is 2. The summed E-state index contributed by atoms with van der Waals surface area (Å²) in [6.07, 6.45) is 3.00. The van der Waals surface area contributed by atoms with E-state index in [0.29, 0.717) is 31.1 Å². The first kappa shape index (κ1) is 23.2. The minimum absolute atomic E-state index is 0.0726. The molecule has 1 aliphatic carbocycles. The molecule has 35 heavy (non-hydrogen) atoms.